The fourth-order valence-electron chi connectivity index (χ4n) is 3.15. The lowest BCUT2D eigenvalue weighted by molar-refractivity contribution is -0.123. The second kappa shape index (κ2) is 7.24. The molecule has 1 aromatic carbocycles. The molecule has 1 aromatic rings. The van der Waals surface area contributed by atoms with Gasteiger partial charge in [0.2, 0.25) is 11.8 Å². The largest absolute Gasteiger partial charge is 0.497 e. The van der Waals surface area contributed by atoms with Gasteiger partial charge in [0.05, 0.1) is 7.11 Å². The van der Waals surface area contributed by atoms with Crippen LogP contribution in [0.25, 0.3) is 0 Å². The Morgan fingerprint density at radius 2 is 1.96 bits per heavy atom. The summed E-state index contributed by atoms with van der Waals surface area (Å²) in [5.74, 6) is 0.908. The predicted octanol–water partition coefficient (Wildman–Crippen LogP) is 2.58. The topological polar surface area (TPSA) is 67.4 Å². The van der Waals surface area contributed by atoms with Gasteiger partial charge < -0.3 is 15.4 Å². The second-order valence-electron chi connectivity index (χ2n) is 7.65. The summed E-state index contributed by atoms with van der Waals surface area (Å²) in [4.78, 5) is 23.9. The number of methoxy groups -OCH3 is 1. The maximum Gasteiger partial charge on any atom is 0.220 e. The van der Waals surface area contributed by atoms with E-state index in [-0.39, 0.29) is 22.9 Å². The highest BCUT2D eigenvalue weighted by atomic mass is 16.5. The smallest absolute Gasteiger partial charge is 0.220 e. The maximum atomic E-state index is 12.1. The Kier molecular flexibility index (Phi) is 5.52. The molecule has 1 heterocycles. The average molecular weight is 332 g/mol. The van der Waals surface area contributed by atoms with Crippen molar-refractivity contribution in [3.8, 4) is 5.75 Å². The number of ether oxygens (including phenoxy) is 1. The van der Waals surface area contributed by atoms with Gasteiger partial charge in [-0.15, -0.1) is 0 Å². The van der Waals surface area contributed by atoms with Crippen LogP contribution in [0.5, 0.6) is 5.75 Å². The van der Waals surface area contributed by atoms with Gasteiger partial charge >= 0.3 is 0 Å². The van der Waals surface area contributed by atoms with Crippen LogP contribution in [0.1, 0.15) is 52.0 Å². The first-order valence-corrected chi connectivity index (χ1v) is 8.46. The van der Waals surface area contributed by atoms with E-state index < -0.39 is 0 Å². The summed E-state index contributed by atoms with van der Waals surface area (Å²) in [5, 5.41) is 6.09. The number of benzene rings is 1. The molecule has 2 amide bonds. The normalized spacial score (nSPS) is 20.6. The number of nitrogens with one attached hydrogen (secondary N) is 2. The molecule has 2 N–H and O–H groups in total. The van der Waals surface area contributed by atoms with E-state index in [0.29, 0.717) is 19.3 Å². The summed E-state index contributed by atoms with van der Waals surface area (Å²) < 4.78 is 5.18. The van der Waals surface area contributed by atoms with Gasteiger partial charge in [0.1, 0.15) is 5.75 Å². The minimum absolute atomic E-state index is 0.0257. The highest BCUT2D eigenvalue weighted by molar-refractivity contribution is 5.80. The molecule has 132 valence electrons. The Morgan fingerprint density at radius 3 is 2.46 bits per heavy atom. The molecule has 1 aliphatic rings. The molecule has 1 atom stereocenters. The van der Waals surface area contributed by atoms with Gasteiger partial charge in [-0.3, -0.25) is 9.59 Å². The van der Waals surface area contributed by atoms with Gasteiger partial charge in [-0.1, -0.05) is 12.1 Å². The van der Waals surface area contributed by atoms with Crippen molar-refractivity contribution in [3.63, 3.8) is 0 Å². The number of carbonyl (C=O) groups is 2. The van der Waals surface area contributed by atoms with E-state index in [2.05, 4.69) is 10.6 Å². The van der Waals surface area contributed by atoms with Crippen molar-refractivity contribution in [1.82, 2.24) is 10.6 Å². The van der Waals surface area contributed by atoms with Crippen LogP contribution in [-0.4, -0.2) is 30.0 Å². The van der Waals surface area contributed by atoms with Crippen molar-refractivity contribution in [2.24, 2.45) is 0 Å². The van der Waals surface area contributed by atoms with E-state index >= 15 is 0 Å². The van der Waals surface area contributed by atoms with Crippen LogP contribution in [0, 0.1) is 0 Å². The Bertz CT molecular complexity index is 590. The quantitative estimate of drug-likeness (QED) is 0.841. The van der Waals surface area contributed by atoms with E-state index in [9.17, 15) is 9.59 Å². The fraction of sp³-hybridized carbons (Fsp3) is 0.579. The van der Waals surface area contributed by atoms with Gasteiger partial charge in [-0.25, -0.2) is 0 Å². The maximum absolute atomic E-state index is 12.1. The third-order valence-corrected chi connectivity index (χ3v) is 4.28. The summed E-state index contributed by atoms with van der Waals surface area (Å²) in [6.45, 7) is 5.90. The molecular formula is C19H28N2O3. The first-order valence-electron chi connectivity index (χ1n) is 8.46. The zero-order chi connectivity index (χ0) is 17.8. The zero-order valence-corrected chi connectivity index (χ0v) is 15.1. The van der Waals surface area contributed by atoms with E-state index in [1.807, 2.05) is 45.0 Å². The molecule has 0 saturated carbocycles. The number of hydrogen-bond donors (Lipinski definition) is 2. The lowest BCUT2D eigenvalue weighted by Crippen LogP contribution is -2.46. The van der Waals surface area contributed by atoms with Crippen molar-refractivity contribution in [2.45, 2.75) is 64.0 Å². The first-order chi connectivity index (χ1) is 11.2. The molecule has 0 aliphatic carbocycles. The van der Waals surface area contributed by atoms with Gasteiger partial charge in [-0.2, -0.15) is 0 Å². The van der Waals surface area contributed by atoms with Crippen molar-refractivity contribution in [3.05, 3.63) is 29.8 Å². The Labute approximate surface area is 144 Å². The molecule has 0 bridgehead atoms. The molecule has 1 saturated heterocycles. The molecule has 2 rings (SSSR count). The summed E-state index contributed by atoms with van der Waals surface area (Å²) in [5.41, 5.74) is 0.564. The lowest BCUT2D eigenvalue weighted by atomic mass is 9.85. The van der Waals surface area contributed by atoms with E-state index in [4.69, 9.17) is 4.74 Å². The van der Waals surface area contributed by atoms with Crippen LogP contribution < -0.4 is 15.4 Å². The molecule has 0 aromatic heterocycles. The zero-order valence-electron chi connectivity index (χ0n) is 15.1. The number of hydrogen-bond acceptors (Lipinski definition) is 3. The standard InChI is InChI=1S/C19H28N2O3/c1-18(2,3)20-16(22)9-11-19(12-10-17(23)21-19)13-14-5-7-15(24-4)8-6-14/h5-8H,9-13H2,1-4H3,(H,20,22)(H,21,23)/t19-/m0/s1. The van der Waals surface area contributed by atoms with Crippen molar-refractivity contribution in [1.29, 1.82) is 0 Å². The molecular weight excluding hydrogens is 304 g/mol. The Balaban J connectivity index is 2.03. The summed E-state index contributed by atoms with van der Waals surface area (Å²) in [6, 6.07) is 7.87. The Morgan fingerprint density at radius 1 is 1.29 bits per heavy atom. The molecule has 1 fully saturated rings. The van der Waals surface area contributed by atoms with Crippen molar-refractivity contribution >= 4 is 11.8 Å². The molecule has 0 spiro atoms. The van der Waals surface area contributed by atoms with E-state index in [1.54, 1.807) is 7.11 Å². The molecule has 0 unspecified atom stereocenters. The summed E-state index contributed by atoms with van der Waals surface area (Å²) in [7, 11) is 1.64. The molecule has 5 heteroatoms. The van der Waals surface area contributed by atoms with Crippen LogP contribution >= 0.6 is 0 Å². The van der Waals surface area contributed by atoms with Crippen molar-refractivity contribution in [2.75, 3.05) is 7.11 Å². The highest BCUT2D eigenvalue weighted by Crippen LogP contribution is 2.30. The lowest BCUT2D eigenvalue weighted by Gasteiger charge is -2.30. The van der Waals surface area contributed by atoms with E-state index in [0.717, 1.165) is 24.2 Å². The summed E-state index contributed by atoms with van der Waals surface area (Å²) >= 11 is 0. The monoisotopic (exact) mass is 332 g/mol. The van der Waals surface area contributed by atoms with Gasteiger partial charge in [0.25, 0.3) is 0 Å². The molecule has 1 aliphatic heterocycles. The minimum atomic E-state index is -0.332. The fourth-order valence-corrected chi connectivity index (χ4v) is 3.15. The number of amides is 2. The SMILES string of the molecule is COc1ccc(C[C@]2(CCC(=O)NC(C)(C)C)CCC(=O)N2)cc1. The molecule has 24 heavy (non-hydrogen) atoms. The number of carbonyl (C=O) groups excluding carboxylic acids is 2. The first kappa shape index (κ1) is 18.3. The second-order valence-corrected chi connectivity index (χ2v) is 7.65. The van der Waals surface area contributed by atoms with Crippen LogP contribution in [0.3, 0.4) is 0 Å². The molecule has 0 radical (unpaired) electrons. The van der Waals surface area contributed by atoms with Crippen molar-refractivity contribution < 1.29 is 14.3 Å². The highest BCUT2D eigenvalue weighted by Gasteiger charge is 2.38. The van der Waals surface area contributed by atoms with Crippen LogP contribution in [0.15, 0.2) is 24.3 Å². The summed E-state index contributed by atoms with van der Waals surface area (Å²) in [6.07, 6.45) is 3.07. The average Bonchev–Trinajstić information content (AvgIpc) is 2.86. The van der Waals surface area contributed by atoms with Crippen LogP contribution in [-0.2, 0) is 16.0 Å². The third-order valence-electron chi connectivity index (χ3n) is 4.28. The van der Waals surface area contributed by atoms with Gasteiger partial charge in [-0.05, 0) is 57.7 Å². The predicted molar refractivity (Wildman–Crippen MR) is 93.9 cm³/mol. The molecule has 5 nitrogen and oxygen atoms in total. The minimum Gasteiger partial charge on any atom is -0.497 e. The van der Waals surface area contributed by atoms with E-state index in [1.165, 1.54) is 0 Å². The van der Waals surface area contributed by atoms with Crippen LogP contribution in [0.2, 0.25) is 0 Å². The van der Waals surface area contributed by atoms with Gasteiger partial charge in [0.15, 0.2) is 0 Å². The Hall–Kier alpha value is -2.04. The van der Waals surface area contributed by atoms with Crippen LogP contribution in [0.4, 0.5) is 0 Å². The third kappa shape index (κ3) is 5.25. The van der Waals surface area contributed by atoms with Gasteiger partial charge in [0, 0.05) is 23.9 Å². The number of rotatable bonds is 6.